The highest BCUT2D eigenvalue weighted by Gasteiger charge is 2.58. The summed E-state index contributed by atoms with van der Waals surface area (Å²) in [5.74, 6) is -0.330. The molecule has 2 aromatic heterocycles. The Bertz CT molecular complexity index is 2970. The van der Waals surface area contributed by atoms with Gasteiger partial charge in [0.15, 0.2) is 0 Å². The van der Waals surface area contributed by atoms with Gasteiger partial charge in [0.05, 0.1) is 55.6 Å². The van der Waals surface area contributed by atoms with Crippen LogP contribution in [0.3, 0.4) is 0 Å². The van der Waals surface area contributed by atoms with Gasteiger partial charge in [0.25, 0.3) is 5.91 Å². The Morgan fingerprint density at radius 1 is 0.915 bits per heavy atom. The highest BCUT2D eigenvalue weighted by Crippen LogP contribution is 2.45. The van der Waals surface area contributed by atoms with Crippen molar-refractivity contribution in [2.24, 2.45) is 17.3 Å². The highest BCUT2D eigenvalue weighted by molar-refractivity contribution is 5.96. The number of esters is 1. The van der Waals surface area contributed by atoms with Gasteiger partial charge in [-0.05, 0) is 117 Å². The summed E-state index contributed by atoms with van der Waals surface area (Å²) < 4.78 is 59.8. The first-order valence-corrected chi connectivity index (χ1v) is 31.0. The lowest BCUT2D eigenvalue weighted by Gasteiger charge is -2.55. The summed E-state index contributed by atoms with van der Waals surface area (Å²) in [6, 6.07) is 6.38. The average Bonchev–Trinajstić information content (AvgIpc) is 2.24. The van der Waals surface area contributed by atoms with Crippen molar-refractivity contribution in [1.29, 1.82) is 0 Å². The molecule has 3 aliphatic carbocycles. The predicted molar refractivity (Wildman–Crippen MR) is 305 cm³/mol. The topological polar surface area (TPSA) is 170 Å². The zero-order chi connectivity index (χ0) is 56.8. The van der Waals surface area contributed by atoms with Crippen LogP contribution in [0.5, 0.6) is 0 Å². The first-order chi connectivity index (χ1) is 39.4. The maximum Gasteiger partial charge on any atom is 0.406 e. The molecule has 6 bridgehead atoms. The number of morpholine rings is 1. The number of hydrazine groups is 1. The number of anilines is 1. The van der Waals surface area contributed by atoms with Gasteiger partial charge in [-0.15, -0.1) is 0 Å². The van der Waals surface area contributed by atoms with Gasteiger partial charge in [-0.25, -0.2) is 5.43 Å². The molecule has 3 saturated carbocycles. The number of halogens is 3. The van der Waals surface area contributed by atoms with Gasteiger partial charge in [-0.2, -0.15) is 13.2 Å². The Kier molecular flexibility index (Phi) is 15.1. The van der Waals surface area contributed by atoms with Crippen LogP contribution in [-0.4, -0.2) is 198 Å². The fourth-order valence-corrected chi connectivity index (χ4v) is 15.1. The number of ether oxygens (including phenoxy) is 2. The normalized spacial score (nSPS) is 28.9. The Hall–Kier alpha value is -5.12. The third-order valence-corrected chi connectivity index (χ3v) is 19.7. The molecule has 13 rings (SSSR count). The molecule has 82 heavy (non-hydrogen) atoms. The van der Waals surface area contributed by atoms with E-state index in [0.717, 1.165) is 79.9 Å². The van der Waals surface area contributed by atoms with Crippen LogP contribution in [0.2, 0.25) is 0 Å². The van der Waals surface area contributed by atoms with Crippen LogP contribution in [-0.2, 0) is 41.6 Å². The molecule has 8 fully saturated rings. The standard InChI is InChI=1S/C62H84F3N11O6/c1-38(2)51-46(28-44(30-66-51)72-23-21-71(22-24-72)43-16-17-43)55-47-29-60(3,4)37-81-59(80)48-12-8-20-76(69-48)57(78)49(32-70-19-7-11-42(31-70)41-15-18-50(45(47)27-41)75(55)36-62(63,64)65)67-56(77)54(40-9-5-6-10-40)73-25-26-82-61(33-73)34-74(35-61)58(79)53-52(68-53)39-13-14-39/h11,15,18,27-28,30,38-40,43,48-49,52-54,68-69H,5-10,12-14,16-17,19-26,29,31-37H2,1-4H3,(H,67,77)/t48-,49-,52+,53+,54-/m0/s1. The number of carbonyl (C=O) groups is 4. The molecule has 1 unspecified atom stereocenters. The van der Waals surface area contributed by atoms with Crippen molar-refractivity contribution in [2.45, 2.75) is 165 Å². The number of alkyl halides is 3. The van der Waals surface area contributed by atoms with Crippen LogP contribution >= 0.6 is 0 Å². The molecule has 1 spiro atoms. The van der Waals surface area contributed by atoms with Crippen molar-refractivity contribution in [2.75, 3.05) is 96.7 Å². The molecule has 6 atom stereocenters. The summed E-state index contributed by atoms with van der Waals surface area (Å²) in [7, 11) is 0. The van der Waals surface area contributed by atoms with Crippen LogP contribution in [0.25, 0.3) is 27.7 Å². The number of amides is 3. The number of likely N-dealkylation sites (tertiary alicyclic amines) is 1. The molecule has 5 saturated heterocycles. The number of carbonyl (C=O) groups excluding carboxylic acids is 4. The molecular weight excluding hydrogens is 1050 g/mol. The van der Waals surface area contributed by atoms with E-state index in [2.05, 4.69) is 47.8 Å². The minimum Gasteiger partial charge on any atom is -0.464 e. The van der Waals surface area contributed by atoms with Gasteiger partial charge < -0.3 is 29.2 Å². The molecule has 10 aliphatic rings. The predicted octanol–water partition coefficient (Wildman–Crippen LogP) is 6.09. The second kappa shape index (κ2) is 22.1. The van der Waals surface area contributed by atoms with E-state index in [1.807, 2.05) is 57.0 Å². The van der Waals surface area contributed by atoms with E-state index in [9.17, 15) is 9.59 Å². The summed E-state index contributed by atoms with van der Waals surface area (Å²) >= 11 is 0. The largest absolute Gasteiger partial charge is 0.464 e. The summed E-state index contributed by atoms with van der Waals surface area (Å²) in [4.78, 5) is 74.5. The Balaban J connectivity index is 0.826. The number of nitrogens with one attached hydrogen (secondary N) is 3. The second-order valence-corrected chi connectivity index (χ2v) is 27.1. The number of hydrogen-bond acceptors (Lipinski definition) is 13. The summed E-state index contributed by atoms with van der Waals surface area (Å²) in [5, 5.41) is 8.93. The van der Waals surface area contributed by atoms with Gasteiger partial charge in [0.1, 0.15) is 30.3 Å². The third-order valence-electron chi connectivity index (χ3n) is 19.7. The number of fused-ring (bicyclic) bond motifs is 6. The van der Waals surface area contributed by atoms with Crippen molar-refractivity contribution in [3.63, 3.8) is 0 Å². The number of hydrogen-bond donors (Lipinski definition) is 3. The lowest BCUT2D eigenvalue weighted by Crippen LogP contribution is -2.73. The number of rotatable bonds is 11. The monoisotopic (exact) mass is 1140 g/mol. The van der Waals surface area contributed by atoms with Crippen LogP contribution in [0.15, 0.2) is 36.5 Å². The molecule has 9 heterocycles. The van der Waals surface area contributed by atoms with Crippen molar-refractivity contribution in [3.05, 3.63) is 53.4 Å². The maximum absolute atomic E-state index is 15.3. The molecule has 0 radical (unpaired) electrons. The van der Waals surface area contributed by atoms with E-state index in [1.54, 1.807) is 0 Å². The molecule has 3 N–H and O–H groups in total. The van der Waals surface area contributed by atoms with E-state index in [0.29, 0.717) is 118 Å². The van der Waals surface area contributed by atoms with Crippen molar-refractivity contribution in [1.82, 2.24) is 50.2 Å². The smallest absolute Gasteiger partial charge is 0.406 e. The highest BCUT2D eigenvalue weighted by atomic mass is 19.4. The lowest BCUT2D eigenvalue weighted by molar-refractivity contribution is -0.197. The van der Waals surface area contributed by atoms with Crippen LogP contribution in [0.1, 0.15) is 121 Å². The molecule has 1 aromatic carbocycles. The van der Waals surface area contributed by atoms with E-state index in [1.165, 1.54) is 35.3 Å². The van der Waals surface area contributed by atoms with Crippen LogP contribution in [0, 0.1) is 17.3 Å². The number of cyclic esters (lactones) is 1. The zero-order valence-electron chi connectivity index (χ0n) is 48.4. The maximum atomic E-state index is 15.3. The van der Waals surface area contributed by atoms with Gasteiger partial charge in [0, 0.05) is 99.4 Å². The van der Waals surface area contributed by atoms with Gasteiger partial charge in [0.2, 0.25) is 11.8 Å². The summed E-state index contributed by atoms with van der Waals surface area (Å²) in [6.45, 7) is 14.3. The number of nitrogens with zero attached hydrogens (tertiary/aromatic N) is 8. The van der Waals surface area contributed by atoms with Crippen molar-refractivity contribution >= 4 is 45.9 Å². The van der Waals surface area contributed by atoms with Crippen molar-refractivity contribution < 1.29 is 41.8 Å². The molecule has 20 heteroatoms. The van der Waals surface area contributed by atoms with E-state index >= 15 is 22.8 Å². The number of aromatic nitrogens is 2. The third kappa shape index (κ3) is 11.6. The quantitative estimate of drug-likeness (QED) is 0.149. The Morgan fingerprint density at radius 3 is 2.43 bits per heavy atom. The Labute approximate surface area is 479 Å². The second-order valence-electron chi connectivity index (χ2n) is 27.1. The molecule has 3 amide bonds. The zero-order valence-corrected chi connectivity index (χ0v) is 48.4. The van der Waals surface area contributed by atoms with E-state index < -0.39 is 47.8 Å². The van der Waals surface area contributed by atoms with Crippen LogP contribution < -0.4 is 21.0 Å². The van der Waals surface area contributed by atoms with Crippen LogP contribution in [0.4, 0.5) is 18.9 Å². The first-order valence-electron chi connectivity index (χ1n) is 31.0. The van der Waals surface area contributed by atoms with E-state index in [4.69, 9.17) is 14.5 Å². The van der Waals surface area contributed by atoms with Gasteiger partial charge in [-0.3, -0.25) is 49.2 Å². The fraction of sp³-hybridized carbons (Fsp3) is 0.694. The lowest BCUT2D eigenvalue weighted by atomic mass is 9.83. The molecule has 3 aromatic rings. The Morgan fingerprint density at radius 2 is 1.70 bits per heavy atom. The van der Waals surface area contributed by atoms with Gasteiger partial charge in [-0.1, -0.05) is 52.7 Å². The first kappa shape index (κ1) is 56.0. The van der Waals surface area contributed by atoms with E-state index in [-0.39, 0.29) is 48.8 Å². The summed E-state index contributed by atoms with van der Waals surface area (Å²) in [6.07, 6.45) is 10.1. The number of pyridine rings is 1. The molecule has 17 nitrogen and oxygen atoms in total. The molecule has 444 valence electrons. The van der Waals surface area contributed by atoms with Gasteiger partial charge >= 0.3 is 12.1 Å². The minimum absolute atomic E-state index is 0.0270. The molecule has 7 aliphatic heterocycles. The number of benzene rings is 1. The number of piperazine rings is 1. The van der Waals surface area contributed by atoms with Crippen molar-refractivity contribution in [3.8, 4) is 11.3 Å². The SMILES string of the molecule is CC(C)c1ncc(N2CCN(C3CC3)CC2)cc1-c1c2c3cc(ccc3n1CC(F)(F)F)C1=CCCN(C1)C[C@H](NC(=O)[C@H](C1CCCC1)N1CCOC3(CN(C(=O)[C@@H]4N[C@@H]4C4CC4)C3)C1)C(=O)N1CCC[C@H](N1)C(=O)OCC(C)(C)C2. The molecular formula is C62H84F3N11O6. The average molecular weight is 1140 g/mol. The minimum atomic E-state index is -4.55. The summed E-state index contributed by atoms with van der Waals surface area (Å²) in [5.41, 5.74) is 7.74. The fourth-order valence-electron chi connectivity index (χ4n) is 15.1.